The second kappa shape index (κ2) is 66.3. The van der Waals surface area contributed by atoms with Crippen LogP contribution in [0.4, 0.5) is 0 Å². The molecule has 0 bridgehead atoms. The third kappa shape index (κ3) is 48.2. The molecule has 149 heavy (non-hydrogen) atoms. The summed E-state index contributed by atoms with van der Waals surface area (Å²) < 4.78 is 0. The highest BCUT2D eigenvalue weighted by molar-refractivity contribution is 6.03. The molecule has 0 unspecified atom stereocenters. The number of rotatable bonds is 71. The third-order valence-corrected chi connectivity index (χ3v) is 23.3. The lowest BCUT2D eigenvalue weighted by Gasteiger charge is -2.32. The molecule has 2 aliphatic heterocycles. The Kier molecular flexibility index (Phi) is 58.3. The number of nitrogens with one attached hydrogen (secondary N) is 17. The molecule has 2 aliphatic rings. The van der Waals surface area contributed by atoms with Crippen LogP contribution < -0.4 is 108 Å². The van der Waals surface area contributed by atoms with Gasteiger partial charge in [-0.2, -0.15) is 0 Å². The topological polar surface area (TPSA) is 935 Å². The van der Waals surface area contributed by atoms with Crippen LogP contribution in [0.15, 0.2) is 0 Å². The van der Waals surface area contributed by atoms with Crippen molar-refractivity contribution in [1.82, 2.24) is 100 Å². The van der Waals surface area contributed by atoms with E-state index in [4.69, 9.17) is 22.3 Å². The maximum Gasteiger partial charge on any atom is 0.326 e. The van der Waals surface area contributed by atoms with E-state index in [1.807, 2.05) is 10.6 Å². The molecule has 0 radical (unpaired) electrons. The lowest BCUT2D eigenvalue weighted by atomic mass is 10.0. The van der Waals surface area contributed by atoms with Gasteiger partial charge in [-0.05, 0) is 146 Å². The zero-order chi connectivity index (χ0) is 113. The van der Waals surface area contributed by atoms with Crippen molar-refractivity contribution in [2.24, 2.45) is 46.8 Å². The SMILES string of the molecule is CC(C)C[C@H](NC(=O)[C@H](CCC(N)=O)NC(=O)[C@H](CC(C)C)NC(=O)CNC(=O)[C@H](CC(C)C)NC(=O)[C@H](CO)NC(=O)[C@H](C)NC(=O)[C@H](CO)NC(=O)[C@H](CC(C)C)NC(=O)[C@H](CO)NC(=O)[C@H](CC(=O)O)NC(=O)[C@H](CO)NC(=O)[C@@H]1CCCN1C(=O)[C@H](CCCCN)NC(=O)[C@H](CCC(=O)O)NC(=O)[C@@H]1CCCN1C(=O)[C@H](CC(=O)O)NC(=O)[C@H](CC(C)C)NC(=O)[C@H](CCC(=O)O)NC(=O)[C@@H](N)CCC(=O)O)C(=O)O. The minimum Gasteiger partial charge on any atom is -0.481 e. The molecule has 2 saturated heterocycles. The lowest BCUT2D eigenvalue weighted by Crippen LogP contribution is -2.62. The largest absolute Gasteiger partial charge is 0.481 e. The lowest BCUT2D eigenvalue weighted by molar-refractivity contribution is -0.146. The van der Waals surface area contributed by atoms with E-state index in [-0.39, 0.29) is 127 Å². The number of amides is 20. The number of hydrogen-bond donors (Lipinski definition) is 30. The van der Waals surface area contributed by atoms with Gasteiger partial charge in [-0.3, -0.25) is 120 Å². The van der Waals surface area contributed by atoms with Crippen molar-refractivity contribution in [3.63, 3.8) is 0 Å². The summed E-state index contributed by atoms with van der Waals surface area (Å²) in [7, 11) is 0. The van der Waals surface area contributed by atoms with E-state index in [1.165, 1.54) is 0 Å². The number of unbranched alkanes of at least 4 members (excludes halogenated alkanes) is 1. The van der Waals surface area contributed by atoms with Gasteiger partial charge >= 0.3 is 35.8 Å². The van der Waals surface area contributed by atoms with Gasteiger partial charge in [0, 0.05) is 38.8 Å². The minimum atomic E-state index is -2.22. The third-order valence-electron chi connectivity index (χ3n) is 23.3. The molecule has 0 aromatic heterocycles. The monoisotopic (exact) mass is 2130 g/mol. The molecule has 2 fully saturated rings. The fraction of sp³-hybridized carbons (Fsp3) is 0.714. The summed E-state index contributed by atoms with van der Waals surface area (Å²) in [6.45, 7) is 11.4. The number of nitrogens with two attached hydrogens (primary N) is 3. The Morgan fingerprint density at radius 1 is 0.295 bits per heavy atom. The second-order valence-corrected chi connectivity index (χ2v) is 38.4. The zero-order valence-electron chi connectivity index (χ0n) is 85.3. The predicted molar refractivity (Wildman–Crippen MR) is 517 cm³/mol. The van der Waals surface area contributed by atoms with Crippen molar-refractivity contribution in [3.05, 3.63) is 0 Å². The van der Waals surface area contributed by atoms with Crippen LogP contribution in [0.25, 0.3) is 0 Å². The summed E-state index contributed by atoms with van der Waals surface area (Å²) in [5, 5.41) is 139. The number of carbonyl (C=O) groups is 26. The van der Waals surface area contributed by atoms with Crippen LogP contribution in [0.2, 0.25) is 0 Å². The Morgan fingerprint density at radius 2 is 0.584 bits per heavy atom. The average Bonchev–Trinajstić information content (AvgIpc) is 1.71. The van der Waals surface area contributed by atoms with Crippen LogP contribution in [-0.4, -0.2) is 382 Å². The molecular formula is C91H150N22O36. The standard InChI is InChI=1S/C91H150N22O36/c1-42(2)30-53(75(132)95-37-67(119)97-54(31-43(3)4)79(136)99-49(20-23-66(94)118)78(135)107-59(91(148)149)34-46(9)10)102-84(141)61(39-115)108-73(130)47(11)96-83(140)60(38-114)109-81(138)56(33-45(7)8)104-85(142)62(40-116)110-82(139)57(35-71(126)127)105-86(143)63(41-117)111-88(145)65-18-14-28-112(65)89(146)52(16-12-13-27-92)101-76(133)51(22-26-70(124)125)100-87(144)64-17-15-29-113(64)90(147)58(36-72(128)129)106-80(137)55(32-44(5)6)103-77(134)50(21-25-69(122)123)98-74(131)48(93)19-24-68(120)121/h42-65,114-117H,12-41,92-93H2,1-11H3,(H2,94,118)(H,95,132)(H,96,140)(H,97,119)(H,98,131)(H,99,136)(H,100,144)(H,101,133)(H,102,141)(H,103,134)(H,104,142)(H,105,143)(H,106,137)(H,107,135)(H,108,130)(H,109,138)(H,110,139)(H,111,145)(H,120,121)(H,122,123)(H,124,125)(H,126,127)(H,128,129)(H,148,149)/t47-,48-,49-,50-,51-,52-,53-,54-,55-,56-,57-,58-,59-,60-,61-,62-,63-,64-,65-/m0/s1. The fourth-order valence-corrected chi connectivity index (χ4v) is 15.6. The van der Waals surface area contributed by atoms with Gasteiger partial charge in [0.15, 0.2) is 0 Å². The van der Waals surface area contributed by atoms with Crippen LogP contribution in [0.5, 0.6) is 0 Å². The maximum absolute atomic E-state index is 14.8. The molecule has 19 atom stereocenters. The molecule has 0 aliphatic carbocycles. The van der Waals surface area contributed by atoms with E-state index in [9.17, 15) is 171 Å². The molecule has 0 aromatic carbocycles. The number of primary amides is 1. The number of carboxylic acids is 6. The first kappa shape index (κ1) is 131. The van der Waals surface area contributed by atoms with E-state index in [0.717, 1.165) is 16.7 Å². The number of hydrogen-bond acceptors (Lipinski definition) is 32. The molecule has 0 spiro atoms. The summed E-state index contributed by atoms with van der Waals surface area (Å²) >= 11 is 0. The molecule has 33 N–H and O–H groups in total. The summed E-state index contributed by atoms with van der Waals surface area (Å²) in [5.74, 6) is -33.4. The zero-order valence-corrected chi connectivity index (χ0v) is 85.3. The van der Waals surface area contributed by atoms with Gasteiger partial charge < -0.3 is 168 Å². The van der Waals surface area contributed by atoms with Crippen molar-refractivity contribution in [2.45, 2.75) is 332 Å². The van der Waals surface area contributed by atoms with Gasteiger partial charge in [-0.1, -0.05) is 69.2 Å². The van der Waals surface area contributed by atoms with Crippen LogP contribution >= 0.6 is 0 Å². The normalized spacial score (nSPS) is 16.7. The Morgan fingerprint density at radius 3 is 0.973 bits per heavy atom. The van der Waals surface area contributed by atoms with Gasteiger partial charge in [0.05, 0.1) is 51.9 Å². The van der Waals surface area contributed by atoms with Crippen molar-refractivity contribution in [3.8, 4) is 0 Å². The smallest absolute Gasteiger partial charge is 0.326 e. The number of aliphatic hydroxyl groups excluding tert-OH is 4. The summed E-state index contributed by atoms with van der Waals surface area (Å²) in [6.07, 6.45) is -7.61. The second-order valence-electron chi connectivity index (χ2n) is 38.4. The molecular weight excluding hydrogens is 1980 g/mol. The molecule has 2 heterocycles. The first-order valence-corrected chi connectivity index (χ1v) is 49.0. The minimum absolute atomic E-state index is 0.0141. The van der Waals surface area contributed by atoms with Gasteiger partial charge in [0.25, 0.3) is 0 Å². The van der Waals surface area contributed by atoms with E-state index < -0.39 is 365 Å². The average molecular weight is 2130 g/mol. The van der Waals surface area contributed by atoms with Crippen molar-refractivity contribution >= 4 is 154 Å². The van der Waals surface area contributed by atoms with Gasteiger partial charge in [0.1, 0.15) is 109 Å². The van der Waals surface area contributed by atoms with Crippen LogP contribution in [0.3, 0.4) is 0 Å². The first-order chi connectivity index (χ1) is 69.7. The Labute approximate surface area is 858 Å². The quantitative estimate of drug-likeness (QED) is 0.0251. The predicted octanol–water partition coefficient (Wildman–Crippen LogP) is -10.6. The fourth-order valence-electron chi connectivity index (χ4n) is 15.6. The van der Waals surface area contributed by atoms with E-state index in [1.54, 1.807) is 69.2 Å². The number of aliphatic carboxylic acids is 6. The molecule has 0 aromatic rings. The Bertz CT molecular complexity index is 4660. The number of aliphatic hydroxyl groups is 4. The number of carboxylic acid groups (broad SMARTS) is 6. The molecule has 58 heteroatoms. The van der Waals surface area contributed by atoms with Crippen LogP contribution in [0, 0.1) is 29.6 Å². The maximum atomic E-state index is 14.8. The molecule has 58 nitrogen and oxygen atoms in total. The van der Waals surface area contributed by atoms with Crippen molar-refractivity contribution in [1.29, 1.82) is 0 Å². The highest BCUT2D eigenvalue weighted by Gasteiger charge is 2.46. The van der Waals surface area contributed by atoms with E-state index in [2.05, 4.69) is 79.8 Å². The number of likely N-dealkylation sites (tertiary alicyclic amines) is 2. The molecule has 20 amide bonds. The van der Waals surface area contributed by atoms with Crippen LogP contribution in [0.1, 0.15) is 217 Å². The highest BCUT2D eigenvalue weighted by atomic mass is 16.4. The van der Waals surface area contributed by atoms with Crippen molar-refractivity contribution in [2.75, 3.05) is 52.6 Å². The van der Waals surface area contributed by atoms with E-state index >= 15 is 0 Å². The van der Waals surface area contributed by atoms with E-state index in [0.29, 0.717) is 0 Å². The first-order valence-electron chi connectivity index (χ1n) is 49.0. The summed E-state index contributed by atoms with van der Waals surface area (Å²) in [4.78, 5) is 349. The Hall–Kier alpha value is -14.0. The summed E-state index contributed by atoms with van der Waals surface area (Å²) in [5.41, 5.74) is 16.9. The molecule has 2 rings (SSSR count). The number of carbonyl (C=O) groups excluding carboxylic acids is 20. The van der Waals surface area contributed by atoms with Gasteiger partial charge in [0.2, 0.25) is 118 Å². The van der Waals surface area contributed by atoms with Gasteiger partial charge in [-0.15, -0.1) is 0 Å². The van der Waals surface area contributed by atoms with Gasteiger partial charge in [-0.25, -0.2) is 4.79 Å². The highest BCUT2D eigenvalue weighted by Crippen LogP contribution is 2.25. The van der Waals surface area contributed by atoms with Crippen LogP contribution in [-0.2, 0) is 125 Å². The Balaban J connectivity index is 2.32. The molecule has 0 saturated carbocycles. The number of nitrogens with zero attached hydrogens (tertiary/aromatic N) is 2. The van der Waals surface area contributed by atoms with Crippen molar-refractivity contribution < 1.29 is 176 Å². The summed E-state index contributed by atoms with van der Waals surface area (Å²) in [6, 6.07) is -32.5. The molecule has 840 valence electrons.